The van der Waals surface area contributed by atoms with Crippen molar-refractivity contribution in [2.24, 2.45) is 0 Å². The molecule has 0 unspecified atom stereocenters. The minimum Gasteiger partial charge on any atom is -0.496 e. The van der Waals surface area contributed by atoms with Crippen LogP contribution >= 0.6 is 11.3 Å². The molecule has 1 aliphatic carbocycles. The zero-order valence-electron chi connectivity index (χ0n) is 17.1. The van der Waals surface area contributed by atoms with Gasteiger partial charge in [0.25, 0.3) is 5.91 Å². The van der Waals surface area contributed by atoms with Crippen LogP contribution in [0.5, 0.6) is 5.75 Å². The van der Waals surface area contributed by atoms with Gasteiger partial charge in [0.1, 0.15) is 16.5 Å². The second kappa shape index (κ2) is 8.35. The molecule has 2 aromatic heterocycles. The van der Waals surface area contributed by atoms with Crippen molar-refractivity contribution in [3.05, 3.63) is 83.6 Å². The lowest BCUT2D eigenvalue weighted by molar-refractivity contribution is 0.0723. The van der Waals surface area contributed by atoms with Gasteiger partial charge in [-0.05, 0) is 31.0 Å². The Morgan fingerprint density at radius 3 is 2.71 bits per heavy atom. The number of nitrogens with zero attached hydrogens (tertiary/aromatic N) is 4. The summed E-state index contributed by atoms with van der Waals surface area (Å²) in [6.07, 6.45) is 5.78. The Bertz CT molecular complexity index is 1200. The van der Waals surface area contributed by atoms with Gasteiger partial charge in [-0.3, -0.25) is 4.79 Å². The van der Waals surface area contributed by atoms with Crippen LogP contribution in [0.3, 0.4) is 0 Å². The summed E-state index contributed by atoms with van der Waals surface area (Å²) in [4.78, 5) is 19.9. The van der Waals surface area contributed by atoms with Gasteiger partial charge in [0.05, 0.1) is 19.0 Å². The van der Waals surface area contributed by atoms with Crippen LogP contribution in [0.2, 0.25) is 0 Å². The molecule has 1 aliphatic rings. The number of carbonyl (C=O) groups is 1. The number of carbonyl (C=O) groups excluding carboxylic acids is 1. The van der Waals surface area contributed by atoms with Crippen LogP contribution in [0.4, 0.5) is 0 Å². The predicted octanol–water partition coefficient (Wildman–Crippen LogP) is 4.81. The number of rotatable bonds is 7. The summed E-state index contributed by atoms with van der Waals surface area (Å²) in [6, 6.07) is 18.0. The van der Waals surface area contributed by atoms with Crippen molar-refractivity contribution >= 4 is 17.2 Å². The van der Waals surface area contributed by atoms with Crippen LogP contribution in [-0.2, 0) is 6.54 Å². The lowest BCUT2D eigenvalue weighted by Gasteiger charge is -2.22. The van der Waals surface area contributed by atoms with E-state index in [0.717, 1.165) is 40.4 Å². The van der Waals surface area contributed by atoms with Gasteiger partial charge < -0.3 is 9.64 Å². The highest BCUT2D eigenvalue weighted by Gasteiger charge is 2.34. The zero-order chi connectivity index (χ0) is 21.2. The molecule has 0 radical (unpaired) electrons. The van der Waals surface area contributed by atoms with E-state index in [1.165, 1.54) is 11.3 Å². The fourth-order valence-corrected chi connectivity index (χ4v) is 4.35. The summed E-state index contributed by atoms with van der Waals surface area (Å²) >= 11 is 1.47. The van der Waals surface area contributed by atoms with E-state index in [0.29, 0.717) is 12.2 Å². The minimum atomic E-state index is -0.0358. The first-order valence-electron chi connectivity index (χ1n) is 10.2. The van der Waals surface area contributed by atoms with Gasteiger partial charge in [-0.15, -0.1) is 11.3 Å². The number of amides is 1. The van der Waals surface area contributed by atoms with E-state index >= 15 is 0 Å². The molecule has 1 saturated carbocycles. The van der Waals surface area contributed by atoms with Crippen LogP contribution < -0.4 is 4.74 Å². The maximum atomic E-state index is 13.3. The third kappa shape index (κ3) is 4.09. The number of hydrogen-bond acceptors (Lipinski definition) is 5. The molecule has 6 nitrogen and oxygen atoms in total. The molecule has 0 bridgehead atoms. The van der Waals surface area contributed by atoms with Crippen LogP contribution in [0.25, 0.3) is 16.3 Å². The highest BCUT2D eigenvalue weighted by Crippen LogP contribution is 2.33. The summed E-state index contributed by atoms with van der Waals surface area (Å²) in [6.45, 7) is 0.520. The number of hydrogen-bond donors (Lipinski definition) is 0. The summed E-state index contributed by atoms with van der Waals surface area (Å²) in [7, 11) is 1.66. The van der Waals surface area contributed by atoms with Crippen molar-refractivity contribution < 1.29 is 9.53 Å². The molecule has 31 heavy (non-hydrogen) atoms. The van der Waals surface area contributed by atoms with Crippen molar-refractivity contribution in [1.29, 1.82) is 0 Å². The van der Waals surface area contributed by atoms with E-state index in [9.17, 15) is 4.79 Å². The molecule has 0 atom stereocenters. The van der Waals surface area contributed by atoms with Gasteiger partial charge in [0, 0.05) is 35.3 Å². The Morgan fingerprint density at radius 2 is 1.94 bits per heavy atom. The summed E-state index contributed by atoms with van der Waals surface area (Å²) in [5.41, 5.74) is 3.37. The van der Waals surface area contributed by atoms with E-state index in [1.807, 2.05) is 75.8 Å². The summed E-state index contributed by atoms with van der Waals surface area (Å²) in [5.74, 6) is 0.764. The molecule has 2 aromatic carbocycles. The maximum Gasteiger partial charge on any atom is 0.273 e. The van der Waals surface area contributed by atoms with Crippen LogP contribution in [0.1, 0.15) is 28.9 Å². The Kier molecular flexibility index (Phi) is 5.26. The highest BCUT2D eigenvalue weighted by atomic mass is 32.1. The standard InChI is InChI=1S/C24H22N4O2S/c1-30-22-10-6-5-7-17(22)14-27(19-11-12-19)24(29)21-16-31-23(26-21)18-13-25-28(15-18)20-8-3-2-4-9-20/h2-10,13,15-16,19H,11-12,14H2,1H3. The Morgan fingerprint density at radius 1 is 1.16 bits per heavy atom. The Balaban J connectivity index is 1.37. The van der Waals surface area contributed by atoms with Gasteiger partial charge in [-0.2, -0.15) is 5.10 Å². The Labute approximate surface area is 184 Å². The number of aromatic nitrogens is 3. The fraction of sp³-hybridized carbons (Fsp3) is 0.208. The van der Waals surface area contributed by atoms with E-state index in [4.69, 9.17) is 4.74 Å². The monoisotopic (exact) mass is 430 g/mol. The largest absolute Gasteiger partial charge is 0.496 e. The SMILES string of the molecule is COc1ccccc1CN(C(=O)c1csc(-c2cnn(-c3ccccc3)c2)n1)C1CC1. The van der Waals surface area contributed by atoms with E-state index < -0.39 is 0 Å². The third-order valence-electron chi connectivity index (χ3n) is 5.36. The van der Waals surface area contributed by atoms with Crippen molar-refractivity contribution in [3.63, 3.8) is 0 Å². The van der Waals surface area contributed by atoms with Crippen LogP contribution in [-0.4, -0.2) is 38.7 Å². The molecular formula is C24H22N4O2S. The molecule has 156 valence electrons. The Hall–Kier alpha value is -3.45. The van der Waals surface area contributed by atoms with Gasteiger partial charge in [-0.1, -0.05) is 36.4 Å². The van der Waals surface area contributed by atoms with E-state index in [1.54, 1.807) is 13.3 Å². The topological polar surface area (TPSA) is 60.2 Å². The highest BCUT2D eigenvalue weighted by molar-refractivity contribution is 7.13. The van der Waals surface area contributed by atoms with Crippen molar-refractivity contribution in [2.75, 3.05) is 7.11 Å². The molecule has 7 heteroatoms. The molecule has 0 spiro atoms. The smallest absolute Gasteiger partial charge is 0.273 e. The average molecular weight is 431 g/mol. The normalized spacial score (nSPS) is 13.2. The average Bonchev–Trinajstić information content (AvgIpc) is 3.33. The van der Waals surface area contributed by atoms with E-state index in [-0.39, 0.29) is 11.9 Å². The van der Waals surface area contributed by atoms with Gasteiger partial charge in [-0.25, -0.2) is 9.67 Å². The number of benzene rings is 2. The second-order valence-electron chi connectivity index (χ2n) is 7.52. The summed E-state index contributed by atoms with van der Waals surface area (Å²) in [5, 5.41) is 7.07. The molecule has 1 fully saturated rings. The quantitative estimate of drug-likeness (QED) is 0.422. The second-order valence-corrected chi connectivity index (χ2v) is 8.38. The first kappa shape index (κ1) is 19.5. The number of ether oxygens (including phenoxy) is 1. The summed E-state index contributed by atoms with van der Waals surface area (Å²) < 4.78 is 7.29. The molecule has 1 amide bonds. The van der Waals surface area contributed by atoms with Crippen molar-refractivity contribution in [2.45, 2.75) is 25.4 Å². The van der Waals surface area contributed by atoms with Crippen LogP contribution in [0.15, 0.2) is 72.4 Å². The lowest BCUT2D eigenvalue weighted by Crippen LogP contribution is -2.33. The van der Waals surface area contributed by atoms with Crippen molar-refractivity contribution in [1.82, 2.24) is 19.7 Å². The molecule has 0 N–H and O–H groups in total. The first-order chi connectivity index (χ1) is 15.2. The maximum absolute atomic E-state index is 13.3. The number of thiazole rings is 1. The van der Waals surface area contributed by atoms with Gasteiger partial charge in [0.2, 0.25) is 0 Å². The van der Waals surface area contributed by atoms with Gasteiger partial charge in [0.15, 0.2) is 0 Å². The van der Waals surface area contributed by atoms with Crippen LogP contribution in [0, 0.1) is 0 Å². The third-order valence-corrected chi connectivity index (χ3v) is 6.25. The lowest BCUT2D eigenvalue weighted by atomic mass is 10.1. The minimum absolute atomic E-state index is 0.0358. The molecule has 4 aromatic rings. The fourth-order valence-electron chi connectivity index (χ4n) is 3.58. The first-order valence-corrected chi connectivity index (χ1v) is 11.1. The zero-order valence-corrected chi connectivity index (χ0v) is 18.0. The number of para-hydroxylation sites is 2. The molecule has 0 aliphatic heterocycles. The van der Waals surface area contributed by atoms with E-state index in [2.05, 4.69) is 10.1 Å². The molecule has 5 rings (SSSR count). The van der Waals surface area contributed by atoms with Crippen molar-refractivity contribution in [3.8, 4) is 22.0 Å². The molecule has 2 heterocycles. The number of methoxy groups -OCH3 is 1. The predicted molar refractivity (Wildman–Crippen MR) is 121 cm³/mol. The molecular weight excluding hydrogens is 408 g/mol. The van der Waals surface area contributed by atoms with Gasteiger partial charge >= 0.3 is 0 Å². The molecule has 0 saturated heterocycles.